The molecule has 0 bridgehead atoms. The Balaban J connectivity index is 2.79. The van der Waals surface area contributed by atoms with Gasteiger partial charge in [-0.05, 0) is 26.0 Å². The monoisotopic (exact) mass is 324 g/mol. The van der Waals surface area contributed by atoms with Crippen LogP contribution < -0.4 is 20.1 Å². The zero-order chi connectivity index (χ0) is 17.5. The molecule has 0 fully saturated rings. The second kappa shape index (κ2) is 8.38. The first-order valence-corrected chi connectivity index (χ1v) is 7.17. The zero-order valence-corrected chi connectivity index (χ0v) is 14.2. The van der Waals surface area contributed by atoms with Gasteiger partial charge in [-0.2, -0.15) is 0 Å². The Labute approximate surface area is 136 Å². The summed E-state index contributed by atoms with van der Waals surface area (Å²) in [5.74, 6) is 0.266. The summed E-state index contributed by atoms with van der Waals surface area (Å²) < 4.78 is 15.2. The smallest absolute Gasteiger partial charge is 0.239 e. The van der Waals surface area contributed by atoms with Crippen LogP contribution in [0.15, 0.2) is 18.2 Å². The molecule has 23 heavy (non-hydrogen) atoms. The molecule has 1 aromatic rings. The maximum absolute atomic E-state index is 12.4. The second-order valence-corrected chi connectivity index (χ2v) is 5.40. The lowest BCUT2D eigenvalue weighted by molar-refractivity contribution is -0.138. The van der Waals surface area contributed by atoms with Crippen molar-refractivity contribution >= 4 is 17.5 Å². The van der Waals surface area contributed by atoms with Gasteiger partial charge in [0.25, 0.3) is 0 Å². The molecular formula is C16H24N2O5. The number of hydrogen-bond donors (Lipinski definition) is 2. The highest BCUT2D eigenvalue weighted by Gasteiger charge is 2.35. The minimum Gasteiger partial charge on any atom is -0.493 e. The van der Waals surface area contributed by atoms with E-state index < -0.39 is 11.3 Å². The van der Waals surface area contributed by atoms with Gasteiger partial charge in [0.1, 0.15) is 5.41 Å². The lowest BCUT2D eigenvalue weighted by Gasteiger charge is -2.23. The average molecular weight is 324 g/mol. The van der Waals surface area contributed by atoms with Crippen molar-refractivity contribution < 1.29 is 23.8 Å². The number of benzene rings is 1. The van der Waals surface area contributed by atoms with E-state index in [2.05, 4.69) is 10.6 Å². The summed E-state index contributed by atoms with van der Waals surface area (Å²) in [5.41, 5.74) is -0.702. The van der Waals surface area contributed by atoms with Gasteiger partial charge < -0.3 is 24.8 Å². The molecule has 1 aromatic carbocycles. The molecular weight excluding hydrogens is 300 g/mol. The number of hydrogen-bond acceptors (Lipinski definition) is 5. The third kappa shape index (κ3) is 4.85. The van der Waals surface area contributed by atoms with Gasteiger partial charge in [0, 0.05) is 25.4 Å². The summed E-state index contributed by atoms with van der Waals surface area (Å²) in [6.45, 7) is 3.86. The normalized spacial score (nSPS) is 10.8. The van der Waals surface area contributed by atoms with Gasteiger partial charge in [0.2, 0.25) is 11.8 Å². The van der Waals surface area contributed by atoms with Gasteiger partial charge in [-0.1, -0.05) is 0 Å². The van der Waals surface area contributed by atoms with E-state index >= 15 is 0 Å². The zero-order valence-electron chi connectivity index (χ0n) is 14.2. The maximum atomic E-state index is 12.4. The number of carbonyl (C=O) groups is 2. The molecule has 0 heterocycles. The number of anilines is 1. The molecule has 0 saturated heterocycles. The van der Waals surface area contributed by atoms with E-state index in [-0.39, 0.29) is 5.91 Å². The van der Waals surface area contributed by atoms with Crippen molar-refractivity contribution in [3.63, 3.8) is 0 Å². The first-order valence-electron chi connectivity index (χ1n) is 7.17. The predicted molar refractivity (Wildman–Crippen MR) is 86.8 cm³/mol. The first kappa shape index (κ1) is 18.8. The van der Waals surface area contributed by atoms with Gasteiger partial charge in [-0.3, -0.25) is 9.59 Å². The maximum Gasteiger partial charge on any atom is 0.239 e. The quantitative estimate of drug-likeness (QED) is 0.558. The number of nitrogens with one attached hydrogen (secondary N) is 2. The van der Waals surface area contributed by atoms with Gasteiger partial charge >= 0.3 is 0 Å². The molecule has 2 amide bonds. The molecule has 1 rings (SSSR count). The van der Waals surface area contributed by atoms with Crippen LogP contribution in [0.4, 0.5) is 5.69 Å². The van der Waals surface area contributed by atoms with Crippen molar-refractivity contribution in [2.45, 2.75) is 13.8 Å². The molecule has 2 N–H and O–H groups in total. The van der Waals surface area contributed by atoms with Crippen LogP contribution >= 0.6 is 0 Å². The van der Waals surface area contributed by atoms with Crippen molar-refractivity contribution in [3.05, 3.63) is 18.2 Å². The van der Waals surface area contributed by atoms with Gasteiger partial charge in [0.15, 0.2) is 11.5 Å². The molecule has 0 atom stereocenters. The van der Waals surface area contributed by atoms with Crippen molar-refractivity contribution in [2.75, 3.05) is 39.8 Å². The third-order valence-corrected chi connectivity index (χ3v) is 3.37. The van der Waals surface area contributed by atoms with Crippen LogP contribution in [0.3, 0.4) is 0 Å². The fourth-order valence-electron chi connectivity index (χ4n) is 1.79. The Kier molecular flexibility index (Phi) is 6.84. The van der Waals surface area contributed by atoms with Crippen LogP contribution in [0.5, 0.6) is 11.5 Å². The van der Waals surface area contributed by atoms with Crippen LogP contribution in [-0.2, 0) is 14.3 Å². The lowest BCUT2D eigenvalue weighted by atomic mass is 9.91. The molecule has 0 saturated carbocycles. The Hall–Kier alpha value is -2.28. The van der Waals surface area contributed by atoms with E-state index in [4.69, 9.17) is 14.2 Å². The molecule has 0 aromatic heterocycles. The Morgan fingerprint density at radius 2 is 1.70 bits per heavy atom. The van der Waals surface area contributed by atoms with E-state index in [1.54, 1.807) is 39.2 Å². The minimum atomic E-state index is -1.22. The Morgan fingerprint density at radius 3 is 2.26 bits per heavy atom. The van der Waals surface area contributed by atoms with Crippen LogP contribution in [0.1, 0.15) is 13.8 Å². The largest absolute Gasteiger partial charge is 0.493 e. The molecule has 0 spiro atoms. The molecule has 128 valence electrons. The third-order valence-electron chi connectivity index (χ3n) is 3.37. The van der Waals surface area contributed by atoms with E-state index in [9.17, 15) is 9.59 Å². The fraction of sp³-hybridized carbons (Fsp3) is 0.500. The molecule has 0 aliphatic rings. The second-order valence-electron chi connectivity index (χ2n) is 5.40. The highest BCUT2D eigenvalue weighted by Crippen LogP contribution is 2.30. The summed E-state index contributed by atoms with van der Waals surface area (Å²) in [7, 11) is 4.58. The standard InChI is InChI=1S/C16H24N2O5/c1-16(2,14(19)17-8-9-21-3)15(20)18-11-6-7-12(22-4)13(10-11)23-5/h6-7,10H,8-9H2,1-5H3,(H,17,19)(H,18,20). The Morgan fingerprint density at radius 1 is 1.04 bits per heavy atom. The number of carbonyl (C=O) groups excluding carboxylic acids is 2. The fourth-order valence-corrected chi connectivity index (χ4v) is 1.79. The van der Waals surface area contributed by atoms with Gasteiger partial charge in [-0.25, -0.2) is 0 Å². The van der Waals surface area contributed by atoms with Crippen molar-refractivity contribution in [1.82, 2.24) is 5.32 Å². The minimum absolute atomic E-state index is 0.350. The number of methoxy groups -OCH3 is 3. The summed E-state index contributed by atoms with van der Waals surface area (Å²) >= 11 is 0. The first-order chi connectivity index (χ1) is 10.9. The highest BCUT2D eigenvalue weighted by atomic mass is 16.5. The van der Waals surface area contributed by atoms with Crippen LogP contribution in [-0.4, -0.2) is 46.3 Å². The van der Waals surface area contributed by atoms with E-state index in [0.717, 1.165) is 0 Å². The molecule has 7 nitrogen and oxygen atoms in total. The van der Waals surface area contributed by atoms with Gasteiger partial charge in [0.05, 0.1) is 20.8 Å². The summed E-state index contributed by atoms with van der Waals surface area (Å²) in [5, 5.41) is 5.37. The molecule has 0 aliphatic heterocycles. The van der Waals surface area contributed by atoms with E-state index in [1.807, 2.05) is 0 Å². The lowest BCUT2D eigenvalue weighted by Crippen LogP contribution is -2.45. The summed E-state index contributed by atoms with van der Waals surface area (Å²) in [4.78, 5) is 24.5. The Bertz CT molecular complexity index is 557. The van der Waals surface area contributed by atoms with Crippen LogP contribution in [0.25, 0.3) is 0 Å². The van der Waals surface area contributed by atoms with Crippen molar-refractivity contribution in [1.29, 1.82) is 0 Å². The van der Waals surface area contributed by atoms with Crippen LogP contribution in [0.2, 0.25) is 0 Å². The number of amides is 2. The predicted octanol–water partition coefficient (Wildman–Crippen LogP) is 1.43. The highest BCUT2D eigenvalue weighted by molar-refractivity contribution is 6.09. The molecule has 0 unspecified atom stereocenters. The SMILES string of the molecule is COCCNC(=O)C(C)(C)C(=O)Nc1ccc(OC)c(OC)c1. The molecule has 0 aliphatic carbocycles. The van der Waals surface area contributed by atoms with Crippen molar-refractivity contribution in [3.8, 4) is 11.5 Å². The topological polar surface area (TPSA) is 85.9 Å². The average Bonchev–Trinajstić information content (AvgIpc) is 2.54. The van der Waals surface area contributed by atoms with E-state index in [0.29, 0.717) is 30.3 Å². The van der Waals surface area contributed by atoms with E-state index in [1.165, 1.54) is 14.2 Å². The molecule has 7 heteroatoms. The number of ether oxygens (including phenoxy) is 3. The van der Waals surface area contributed by atoms with Crippen LogP contribution in [0, 0.1) is 5.41 Å². The number of rotatable bonds is 8. The van der Waals surface area contributed by atoms with Crippen molar-refractivity contribution in [2.24, 2.45) is 5.41 Å². The molecule has 0 radical (unpaired) electrons. The van der Waals surface area contributed by atoms with Gasteiger partial charge in [-0.15, -0.1) is 0 Å². The summed E-state index contributed by atoms with van der Waals surface area (Å²) in [6.07, 6.45) is 0. The summed E-state index contributed by atoms with van der Waals surface area (Å²) in [6, 6.07) is 4.99.